The number of hydrogen-bond acceptors (Lipinski definition) is 2. The largest absolute Gasteiger partial charge is 0.417 e. The quantitative estimate of drug-likeness (QED) is 0.630. The van der Waals surface area contributed by atoms with Crippen LogP contribution in [-0.4, -0.2) is 33.9 Å². The smallest absolute Gasteiger partial charge is 0.346 e. The molecular weight excluding hydrogens is 391 g/mol. The zero-order valence-electron chi connectivity index (χ0n) is 14.8. The van der Waals surface area contributed by atoms with Gasteiger partial charge in [-0.3, -0.25) is 4.79 Å². The second kappa shape index (κ2) is 7.13. The molecule has 0 bridgehead atoms. The molecule has 8 heteroatoms. The van der Waals surface area contributed by atoms with E-state index in [1.165, 1.54) is 11.0 Å². The van der Waals surface area contributed by atoms with Gasteiger partial charge in [-0.05, 0) is 54.7 Å². The third-order valence-corrected chi connectivity index (χ3v) is 5.46. The van der Waals surface area contributed by atoms with E-state index < -0.39 is 17.6 Å². The Hall–Kier alpha value is -2.54. The molecule has 3 aromatic rings. The molecule has 1 fully saturated rings. The van der Waals surface area contributed by atoms with Crippen LogP contribution in [0.2, 0.25) is 5.02 Å². The van der Waals surface area contributed by atoms with Crippen molar-refractivity contribution in [3.05, 3.63) is 64.4 Å². The number of piperidine rings is 1. The van der Waals surface area contributed by atoms with Crippen molar-refractivity contribution in [3.63, 3.8) is 0 Å². The van der Waals surface area contributed by atoms with Gasteiger partial charge in [-0.2, -0.15) is 13.2 Å². The zero-order valence-corrected chi connectivity index (χ0v) is 15.5. The van der Waals surface area contributed by atoms with Crippen LogP contribution in [0.4, 0.5) is 13.2 Å². The highest BCUT2D eigenvalue weighted by Crippen LogP contribution is 2.36. The maximum atomic E-state index is 13.3. The first-order valence-electron chi connectivity index (χ1n) is 8.92. The van der Waals surface area contributed by atoms with Crippen LogP contribution in [-0.2, 0) is 6.18 Å². The predicted octanol–water partition coefficient (Wildman–Crippen LogP) is 5.25. The fourth-order valence-electron chi connectivity index (χ4n) is 3.82. The van der Waals surface area contributed by atoms with Gasteiger partial charge in [-0.1, -0.05) is 11.6 Å². The number of alkyl halides is 3. The number of halogens is 4. The number of carbonyl (C=O) groups is 1. The van der Waals surface area contributed by atoms with Crippen molar-refractivity contribution in [2.45, 2.75) is 24.9 Å². The van der Waals surface area contributed by atoms with Crippen molar-refractivity contribution >= 4 is 28.5 Å². The summed E-state index contributed by atoms with van der Waals surface area (Å²) in [4.78, 5) is 21.7. The molecule has 0 atom stereocenters. The van der Waals surface area contributed by atoms with Gasteiger partial charge in [0.2, 0.25) is 0 Å². The summed E-state index contributed by atoms with van der Waals surface area (Å²) >= 11 is 5.70. The van der Waals surface area contributed by atoms with Crippen molar-refractivity contribution in [1.82, 2.24) is 14.9 Å². The van der Waals surface area contributed by atoms with E-state index in [0.717, 1.165) is 28.7 Å². The Labute approximate surface area is 164 Å². The fraction of sp³-hybridized carbons (Fsp3) is 0.300. The fourth-order valence-corrected chi connectivity index (χ4v) is 3.99. The number of H-pyrrole nitrogens is 1. The lowest BCUT2D eigenvalue weighted by Gasteiger charge is -2.32. The Morgan fingerprint density at radius 3 is 2.68 bits per heavy atom. The zero-order chi connectivity index (χ0) is 19.9. The summed E-state index contributed by atoms with van der Waals surface area (Å²) in [5.41, 5.74) is 0.603. The molecule has 3 heterocycles. The lowest BCUT2D eigenvalue weighted by molar-refractivity contribution is -0.138. The van der Waals surface area contributed by atoms with Gasteiger partial charge < -0.3 is 9.88 Å². The van der Waals surface area contributed by atoms with Crippen molar-refractivity contribution in [2.24, 2.45) is 0 Å². The molecule has 0 saturated carbocycles. The van der Waals surface area contributed by atoms with Gasteiger partial charge in [0, 0.05) is 35.9 Å². The lowest BCUT2D eigenvalue weighted by Crippen LogP contribution is -2.38. The standard InChI is InChI=1S/C20H17ClF3N3O/c21-13-3-4-15(17(10-13)20(22,23)24)19(28)27-8-5-12(6-9-27)16-11-26-18-14(16)2-1-7-25-18/h1-4,7,10-12H,5-6,8-9H2,(H,25,26). The van der Waals surface area contributed by atoms with E-state index in [1.54, 1.807) is 6.20 Å². The molecule has 1 saturated heterocycles. The molecule has 1 aliphatic heterocycles. The van der Waals surface area contributed by atoms with Crippen molar-refractivity contribution in [1.29, 1.82) is 0 Å². The molecule has 0 radical (unpaired) electrons. The number of nitrogens with zero attached hydrogens (tertiary/aromatic N) is 2. The second-order valence-electron chi connectivity index (χ2n) is 6.90. The van der Waals surface area contributed by atoms with Crippen LogP contribution in [0.25, 0.3) is 11.0 Å². The first-order valence-corrected chi connectivity index (χ1v) is 9.30. The van der Waals surface area contributed by atoms with Crippen LogP contribution in [0.1, 0.15) is 40.2 Å². The molecule has 1 aromatic carbocycles. The highest BCUT2D eigenvalue weighted by atomic mass is 35.5. The molecule has 4 nitrogen and oxygen atoms in total. The minimum absolute atomic E-state index is 0.0458. The number of pyridine rings is 1. The van der Waals surface area contributed by atoms with Crippen LogP contribution in [0.3, 0.4) is 0 Å². The summed E-state index contributed by atoms with van der Waals surface area (Å²) in [6.45, 7) is 0.798. The van der Waals surface area contributed by atoms with E-state index in [9.17, 15) is 18.0 Å². The second-order valence-corrected chi connectivity index (χ2v) is 7.33. The molecule has 0 aliphatic carbocycles. The minimum Gasteiger partial charge on any atom is -0.346 e. The normalized spacial score (nSPS) is 15.9. The van der Waals surface area contributed by atoms with Crippen molar-refractivity contribution in [2.75, 3.05) is 13.1 Å². The third-order valence-electron chi connectivity index (χ3n) is 5.22. The molecule has 2 aromatic heterocycles. The van der Waals surface area contributed by atoms with Gasteiger partial charge in [-0.25, -0.2) is 4.98 Å². The molecule has 0 unspecified atom stereocenters. The van der Waals surface area contributed by atoms with Gasteiger partial charge >= 0.3 is 6.18 Å². The summed E-state index contributed by atoms with van der Waals surface area (Å²) < 4.78 is 39.9. The molecular formula is C20H17ClF3N3O. The van der Waals surface area contributed by atoms with E-state index in [-0.39, 0.29) is 16.5 Å². The Kier molecular flexibility index (Phi) is 4.79. The molecule has 146 valence electrons. The summed E-state index contributed by atoms with van der Waals surface area (Å²) in [6.07, 6.45) is 0.380. The number of aromatic nitrogens is 2. The van der Waals surface area contributed by atoms with Crippen LogP contribution in [0, 0.1) is 0 Å². The first kappa shape index (κ1) is 18.8. The number of amides is 1. The first-order chi connectivity index (χ1) is 13.3. The Morgan fingerprint density at radius 1 is 1.21 bits per heavy atom. The Balaban J connectivity index is 1.52. The maximum absolute atomic E-state index is 13.3. The SMILES string of the molecule is O=C(c1ccc(Cl)cc1C(F)(F)F)N1CCC(c2c[nH]c3ncccc23)CC1. The highest BCUT2D eigenvalue weighted by molar-refractivity contribution is 6.30. The number of fused-ring (bicyclic) bond motifs is 1. The van der Waals surface area contributed by atoms with Gasteiger partial charge in [0.05, 0.1) is 11.1 Å². The van der Waals surface area contributed by atoms with Crippen molar-refractivity contribution in [3.8, 4) is 0 Å². The number of hydrogen-bond donors (Lipinski definition) is 1. The van der Waals surface area contributed by atoms with Gasteiger partial charge in [0.15, 0.2) is 0 Å². The van der Waals surface area contributed by atoms with E-state index >= 15 is 0 Å². The number of benzene rings is 1. The Morgan fingerprint density at radius 2 is 1.96 bits per heavy atom. The summed E-state index contributed by atoms with van der Waals surface area (Å²) in [7, 11) is 0. The van der Waals surface area contributed by atoms with Crippen LogP contribution in [0.15, 0.2) is 42.7 Å². The molecule has 1 amide bonds. The summed E-state index contributed by atoms with van der Waals surface area (Å²) in [6, 6.07) is 7.15. The van der Waals surface area contributed by atoms with Gasteiger partial charge in [-0.15, -0.1) is 0 Å². The molecule has 1 aliphatic rings. The highest BCUT2D eigenvalue weighted by Gasteiger charge is 2.37. The molecule has 4 rings (SSSR count). The summed E-state index contributed by atoms with van der Waals surface area (Å²) in [5.74, 6) is -0.377. The summed E-state index contributed by atoms with van der Waals surface area (Å²) in [5, 5.41) is 1.000. The number of aromatic amines is 1. The number of likely N-dealkylation sites (tertiary alicyclic amines) is 1. The molecule has 0 spiro atoms. The number of rotatable bonds is 2. The molecule has 28 heavy (non-hydrogen) atoms. The third kappa shape index (κ3) is 3.46. The van der Waals surface area contributed by atoms with Crippen LogP contribution >= 0.6 is 11.6 Å². The van der Waals surface area contributed by atoms with E-state index in [4.69, 9.17) is 11.6 Å². The average Bonchev–Trinajstić information content (AvgIpc) is 3.11. The molecule has 1 N–H and O–H groups in total. The lowest BCUT2D eigenvalue weighted by atomic mass is 9.89. The van der Waals surface area contributed by atoms with E-state index in [2.05, 4.69) is 9.97 Å². The maximum Gasteiger partial charge on any atom is 0.417 e. The topological polar surface area (TPSA) is 49.0 Å². The minimum atomic E-state index is -4.63. The van der Waals surface area contributed by atoms with Crippen LogP contribution in [0.5, 0.6) is 0 Å². The van der Waals surface area contributed by atoms with E-state index in [0.29, 0.717) is 25.9 Å². The number of nitrogens with one attached hydrogen (secondary N) is 1. The number of carbonyl (C=O) groups excluding carboxylic acids is 1. The Bertz CT molecular complexity index is 1020. The van der Waals surface area contributed by atoms with Gasteiger partial charge in [0.1, 0.15) is 5.65 Å². The van der Waals surface area contributed by atoms with E-state index in [1.807, 2.05) is 18.3 Å². The van der Waals surface area contributed by atoms with Gasteiger partial charge in [0.25, 0.3) is 5.91 Å². The van der Waals surface area contributed by atoms with Crippen molar-refractivity contribution < 1.29 is 18.0 Å². The van der Waals surface area contributed by atoms with Crippen LogP contribution < -0.4 is 0 Å². The monoisotopic (exact) mass is 407 g/mol. The predicted molar refractivity (Wildman–Crippen MR) is 100 cm³/mol. The average molecular weight is 408 g/mol.